The standard InChI is InChI=1S/C12H17O4P/c1-10-4-6-11(7-5-10)17(14,16-3)9-8-12(13)15-2/h4-7H,8-9H2,1-3H3. The topological polar surface area (TPSA) is 52.6 Å². The number of methoxy groups -OCH3 is 1. The number of benzene rings is 1. The lowest BCUT2D eigenvalue weighted by atomic mass is 10.2. The highest BCUT2D eigenvalue weighted by atomic mass is 31.2. The van der Waals surface area contributed by atoms with Gasteiger partial charge in [-0.15, -0.1) is 0 Å². The summed E-state index contributed by atoms with van der Waals surface area (Å²) < 4.78 is 22.1. The molecule has 0 bridgehead atoms. The molecule has 0 radical (unpaired) electrons. The third-order valence-corrected chi connectivity index (χ3v) is 5.05. The maximum atomic E-state index is 12.5. The van der Waals surface area contributed by atoms with Gasteiger partial charge in [0.25, 0.3) is 0 Å². The van der Waals surface area contributed by atoms with Crippen molar-refractivity contribution in [3.63, 3.8) is 0 Å². The molecular weight excluding hydrogens is 239 g/mol. The molecule has 17 heavy (non-hydrogen) atoms. The highest BCUT2D eigenvalue weighted by molar-refractivity contribution is 7.67. The Labute approximate surface area is 101 Å². The Bertz CT molecular complexity index is 425. The molecule has 0 spiro atoms. The first-order valence-corrected chi connectivity index (χ1v) is 7.11. The quantitative estimate of drug-likeness (QED) is 0.598. The van der Waals surface area contributed by atoms with Crippen LogP contribution in [0.4, 0.5) is 0 Å². The van der Waals surface area contributed by atoms with Crippen LogP contribution in [-0.2, 0) is 18.6 Å². The van der Waals surface area contributed by atoms with Gasteiger partial charge < -0.3 is 9.26 Å². The molecule has 0 fully saturated rings. The van der Waals surface area contributed by atoms with Crippen molar-refractivity contribution >= 4 is 18.6 Å². The van der Waals surface area contributed by atoms with E-state index in [1.807, 2.05) is 19.1 Å². The molecule has 0 amide bonds. The van der Waals surface area contributed by atoms with Gasteiger partial charge >= 0.3 is 5.97 Å². The molecule has 0 N–H and O–H groups in total. The largest absolute Gasteiger partial charge is 0.469 e. The Morgan fingerprint density at radius 2 is 1.82 bits per heavy atom. The van der Waals surface area contributed by atoms with E-state index in [1.54, 1.807) is 12.1 Å². The molecule has 1 atom stereocenters. The van der Waals surface area contributed by atoms with E-state index in [1.165, 1.54) is 14.2 Å². The molecule has 0 aliphatic carbocycles. The van der Waals surface area contributed by atoms with Crippen molar-refractivity contribution < 1.29 is 18.6 Å². The maximum absolute atomic E-state index is 12.5. The molecule has 94 valence electrons. The van der Waals surface area contributed by atoms with Crippen LogP contribution < -0.4 is 5.30 Å². The monoisotopic (exact) mass is 256 g/mol. The van der Waals surface area contributed by atoms with Crippen molar-refractivity contribution in [1.82, 2.24) is 0 Å². The van der Waals surface area contributed by atoms with Crippen LogP contribution in [-0.4, -0.2) is 26.4 Å². The van der Waals surface area contributed by atoms with Crippen LogP contribution in [0.2, 0.25) is 0 Å². The van der Waals surface area contributed by atoms with Crippen LogP contribution in [0.3, 0.4) is 0 Å². The highest BCUT2D eigenvalue weighted by Gasteiger charge is 2.25. The average Bonchev–Trinajstić information content (AvgIpc) is 2.36. The van der Waals surface area contributed by atoms with E-state index in [4.69, 9.17) is 4.52 Å². The smallest absolute Gasteiger partial charge is 0.306 e. The van der Waals surface area contributed by atoms with Crippen LogP contribution in [0, 0.1) is 6.92 Å². The molecule has 0 saturated heterocycles. The van der Waals surface area contributed by atoms with E-state index in [-0.39, 0.29) is 18.6 Å². The molecule has 1 rings (SSSR count). The first kappa shape index (κ1) is 13.9. The summed E-state index contributed by atoms with van der Waals surface area (Å²) in [6, 6.07) is 7.30. The molecule has 0 aliphatic rings. The zero-order chi connectivity index (χ0) is 12.9. The Hall–Kier alpha value is -1.12. The fourth-order valence-electron chi connectivity index (χ4n) is 1.44. The molecule has 0 aromatic heterocycles. The number of hydrogen-bond donors (Lipinski definition) is 0. The number of carbonyl (C=O) groups is 1. The van der Waals surface area contributed by atoms with E-state index in [0.717, 1.165) is 5.56 Å². The Morgan fingerprint density at radius 3 is 2.29 bits per heavy atom. The maximum Gasteiger partial charge on any atom is 0.306 e. The van der Waals surface area contributed by atoms with Gasteiger partial charge in [-0.25, -0.2) is 0 Å². The predicted octanol–water partition coefficient (Wildman–Crippen LogP) is 2.11. The molecule has 0 aliphatic heterocycles. The number of ether oxygens (including phenoxy) is 1. The highest BCUT2D eigenvalue weighted by Crippen LogP contribution is 2.45. The number of aryl methyl sites for hydroxylation is 1. The first-order chi connectivity index (χ1) is 8.01. The fraction of sp³-hybridized carbons (Fsp3) is 0.417. The van der Waals surface area contributed by atoms with E-state index < -0.39 is 7.37 Å². The lowest BCUT2D eigenvalue weighted by Crippen LogP contribution is -2.12. The summed E-state index contributed by atoms with van der Waals surface area (Å²) in [5, 5.41) is 0.634. The van der Waals surface area contributed by atoms with Gasteiger partial charge in [0.05, 0.1) is 13.5 Å². The number of hydrogen-bond acceptors (Lipinski definition) is 4. The number of carbonyl (C=O) groups excluding carboxylic acids is 1. The predicted molar refractivity (Wildman–Crippen MR) is 66.9 cm³/mol. The lowest BCUT2D eigenvalue weighted by molar-refractivity contribution is -0.140. The summed E-state index contributed by atoms with van der Waals surface area (Å²) in [4.78, 5) is 11.1. The molecule has 4 nitrogen and oxygen atoms in total. The third kappa shape index (κ3) is 3.69. The first-order valence-electron chi connectivity index (χ1n) is 5.30. The van der Waals surface area contributed by atoms with Crippen LogP contribution in [0.25, 0.3) is 0 Å². The van der Waals surface area contributed by atoms with E-state index in [0.29, 0.717) is 5.30 Å². The summed E-state index contributed by atoms with van der Waals surface area (Å²) in [6.07, 6.45) is 0.259. The van der Waals surface area contributed by atoms with Crippen LogP contribution in [0.5, 0.6) is 0 Å². The van der Waals surface area contributed by atoms with Gasteiger partial charge in [-0.05, 0) is 19.1 Å². The molecule has 5 heteroatoms. The zero-order valence-electron chi connectivity index (χ0n) is 10.3. The second-order valence-electron chi connectivity index (χ2n) is 3.74. The van der Waals surface area contributed by atoms with Gasteiger partial charge in [0, 0.05) is 18.6 Å². The van der Waals surface area contributed by atoms with Crippen LogP contribution in [0.15, 0.2) is 24.3 Å². The molecule has 0 saturated carbocycles. The van der Waals surface area contributed by atoms with E-state index in [2.05, 4.69) is 4.74 Å². The van der Waals surface area contributed by atoms with Crippen molar-refractivity contribution in [2.24, 2.45) is 0 Å². The van der Waals surface area contributed by atoms with Gasteiger partial charge in [0.1, 0.15) is 0 Å². The second kappa shape index (κ2) is 5.99. The summed E-state index contributed by atoms with van der Waals surface area (Å²) in [6.45, 7) is 1.95. The number of esters is 1. The van der Waals surface area contributed by atoms with Gasteiger partial charge in [0.2, 0.25) is 7.37 Å². The number of rotatable bonds is 5. The summed E-state index contributed by atoms with van der Waals surface area (Å²) in [5.74, 6) is -0.380. The van der Waals surface area contributed by atoms with Crippen molar-refractivity contribution in [1.29, 1.82) is 0 Å². The van der Waals surface area contributed by atoms with Gasteiger partial charge in [-0.3, -0.25) is 9.36 Å². The molecule has 0 heterocycles. The van der Waals surface area contributed by atoms with Crippen LogP contribution >= 0.6 is 7.37 Å². The molecule has 1 aromatic rings. The van der Waals surface area contributed by atoms with Gasteiger partial charge in [-0.1, -0.05) is 17.7 Å². The normalized spacial score (nSPS) is 14.1. The molecule has 1 unspecified atom stereocenters. The Morgan fingerprint density at radius 1 is 1.24 bits per heavy atom. The Kier molecular flexibility index (Phi) is 4.91. The van der Waals surface area contributed by atoms with Gasteiger partial charge in [-0.2, -0.15) is 0 Å². The fourth-order valence-corrected chi connectivity index (χ4v) is 3.17. The Balaban J connectivity index is 2.84. The lowest BCUT2D eigenvalue weighted by Gasteiger charge is -2.16. The third-order valence-electron chi connectivity index (χ3n) is 2.56. The second-order valence-corrected chi connectivity index (χ2v) is 6.42. The minimum absolute atomic E-state index is 0.0928. The van der Waals surface area contributed by atoms with E-state index in [9.17, 15) is 9.36 Å². The van der Waals surface area contributed by atoms with Gasteiger partial charge in [0.15, 0.2) is 0 Å². The average molecular weight is 256 g/mol. The molecular formula is C12H17O4P. The van der Waals surface area contributed by atoms with E-state index >= 15 is 0 Å². The van der Waals surface area contributed by atoms with Crippen molar-refractivity contribution in [2.45, 2.75) is 13.3 Å². The zero-order valence-corrected chi connectivity index (χ0v) is 11.2. The minimum Gasteiger partial charge on any atom is -0.469 e. The summed E-state index contributed by atoms with van der Waals surface area (Å²) >= 11 is 0. The molecule has 1 aromatic carbocycles. The minimum atomic E-state index is -2.94. The SMILES string of the molecule is COC(=O)CCP(=O)(OC)c1ccc(C)cc1. The van der Waals surface area contributed by atoms with Crippen molar-refractivity contribution in [3.05, 3.63) is 29.8 Å². The van der Waals surface area contributed by atoms with Crippen LogP contribution in [0.1, 0.15) is 12.0 Å². The summed E-state index contributed by atoms with van der Waals surface area (Å²) in [7, 11) is -0.228. The summed E-state index contributed by atoms with van der Waals surface area (Å²) in [5.41, 5.74) is 1.09. The van der Waals surface area contributed by atoms with Crippen molar-refractivity contribution in [2.75, 3.05) is 20.4 Å². The van der Waals surface area contributed by atoms with Crippen molar-refractivity contribution in [3.8, 4) is 0 Å².